The fourth-order valence-electron chi connectivity index (χ4n) is 2.45. The molecule has 4 heteroatoms. The van der Waals surface area contributed by atoms with Crippen LogP contribution in [0.25, 0.3) is 0 Å². The molecule has 4 nitrogen and oxygen atoms in total. The summed E-state index contributed by atoms with van der Waals surface area (Å²) in [6.07, 6.45) is 4.49. The molecular formula is C16H23NO3. The first-order valence-corrected chi connectivity index (χ1v) is 7.43. The first kappa shape index (κ1) is 13.7. The monoisotopic (exact) mass is 277 g/mol. The minimum Gasteiger partial charge on any atom is -0.454 e. The molecule has 0 spiro atoms. The average Bonchev–Trinajstić information content (AvgIpc) is 3.19. The third-order valence-electron chi connectivity index (χ3n) is 4.27. The highest BCUT2D eigenvalue weighted by Crippen LogP contribution is 2.33. The quantitative estimate of drug-likeness (QED) is 0.801. The maximum absolute atomic E-state index is 9.64. The Balaban J connectivity index is 1.56. The predicted molar refractivity (Wildman–Crippen MR) is 77.1 cm³/mol. The van der Waals surface area contributed by atoms with Crippen molar-refractivity contribution in [2.75, 3.05) is 19.9 Å². The minimum absolute atomic E-state index is 0.171. The van der Waals surface area contributed by atoms with Crippen molar-refractivity contribution >= 4 is 0 Å². The smallest absolute Gasteiger partial charge is 0.231 e. The SMILES string of the molecule is CC(CO)(CCc1ccc2c(c1)OCO2)NCC1CC1. The molecule has 0 aromatic heterocycles. The summed E-state index contributed by atoms with van der Waals surface area (Å²) in [7, 11) is 0. The number of aliphatic hydroxyl groups excluding tert-OH is 1. The first-order valence-electron chi connectivity index (χ1n) is 7.43. The van der Waals surface area contributed by atoms with Gasteiger partial charge >= 0.3 is 0 Å². The van der Waals surface area contributed by atoms with Crippen LogP contribution in [0.2, 0.25) is 0 Å². The van der Waals surface area contributed by atoms with Crippen LogP contribution in [0.15, 0.2) is 18.2 Å². The zero-order valence-electron chi connectivity index (χ0n) is 12.0. The number of hydrogen-bond acceptors (Lipinski definition) is 4. The Bertz CT molecular complexity index is 473. The standard InChI is InChI=1S/C16H23NO3/c1-16(10-18,17-9-13-2-3-13)7-6-12-4-5-14-15(8-12)20-11-19-14/h4-5,8,13,17-18H,2-3,6-7,9-11H2,1H3. The third kappa shape index (κ3) is 3.25. The van der Waals surface area contributed by atoms with Gasteiger partial charge in [0.1, 0.15) is 0 Å². The summed E-state index contributed by atoms with van der Waals surface area (Å²) < 4.78 is 10.7. The van der Waals surface area contributed by atoms with Crippen molar-refractivity contribution in [1.29, 1.82) is 0 Å². The molecule has 1 aromatic carbocycles. The van der Waals surface area contributed by atoms with E-state index in [-0.39, 0.29) is 12.1 Å². The van der Waals surface area contributed by atoms with Gasteiger partial charge in [0, 0.05) is 5.54 Å². The number of ether oxygens (including phenoxy) is 2. The van der Waals surface area contributed by atoms with E-state index >= 15 is 0 Å². The van der Waals surface area contributed by atoms with Crippen molar-refractivity contribution in [3.8, 4) is 11.5 Å². The van der Waals surface area contributed by atoms with Crippen LogP contribution >= 0.6 is 0 Å². The van der Waals surface area contributed by atoms with Gasteiger partial charge < -0.3 is 19.9 Å². The van der Waals surface area contributed by atoms with Crippen LogP contribution in [0.1, 0.15) is 31.7 Å². The minimum atomic E-state index is -0.195. The lowest BCUT2D eigenvalue weighted by Gasteiger charge is -2.29. The Hall–Kier alpha value is -1.26. The lowest BCUT2D eigenvalue weighted by Crippen LogP contribution is -2.47. The van der Waals surface area contributed by atoms with E-state index in [1.807, 2.05) is 12.1 Å². The maximum Gasteiger partial charge on any atom is 0.231 e. The van der Waals surface area contributed by atoms with Crippen molar-refractivity contribution in [3.63, 3.8) is 0 Å². The molecule has 0 saturated heterocycles. The Morgan fingerprint density at radius 1 is 1.30 bits per heavy atom. The van der Waals surface area contributed by atoms with Gasteiger partial charge in [-0.25, -0.2) is 0 Å². The number of nitrogens with one attached hydrogen (secondary N) is 1. The molecule has 2 N–H and O–H groups in total. The van der Waals surface area contributed by atoms with Gasteiger partial charge in [0.15, 0.2) is 11.5 Å². The molecule has 110 valence electrons. The van der Waals surface area contributed by atoms with Gasteiger partial charge in [-0.15, -0.1) is 0 Å². The van der Waals surface area contributed by atoms with E-state index in [0.717, 1.165) is 36.8 Å². The van der Waals surface area contributed by atoms with Crippen LogP contribution in [-0.2, 0) is 6.42 Å². The first-order chi connectivity index (χ1) is 9.68. The topological polar surface area (TPSA) is 50.7 Å². The maximum atomic E-state index is 9.64. The fourth-order valence-corrected chi connectivity index (χ4v) is 2.45. The lowest BCUT2D eigenvalue weighted by molar-refractivity contribution is 0.164. The molecule has 1 aromatic rings. The van der Waals surface area contributed by atoms with Gasteiger partial charge in [-0.05, 0) is 62.8 Å². The average molecular weight is 277 g/mol. The zero-order chi connectivity index (χ0) is 14.0. The third-order valence-corrected chi connectivity index (χ3v) is 4.27. The summed E-state index contributed by atoms with van der Waals surface area (Å²) in [5, 5.41) is 13.2. The fraction of sp³-hybridized carbons (Fsp3) is 0.625. The van der Waals surface area contributed by atoms with Gasteiger partial charge in [-0.3, -0.25) is 0 Å². The number of fused-ring (bicyclic) bond motifs is 1. The van der Waals surface area contributed by atoms with Gasteiger partial charge in [-0.1, -0.05) is 6.07 Å². The summed E-state index contributed by atoms with van der Waals surface area (Å²) in [5.41, 5.74) is 1.03. The van der Waals surface area contributed by atoms with E-state index in [1.54, 1.807) is 0 Å². The van der Waals surface area contributed by atoms with Crippen molar-refractivity contribution < 1.29 is 14.6 Å². The van der Waals surface area contributed by atoms with Gasteiger partial charge in [-0.2, -0.15) is 0 Å². The van der Waals surface area contributed by atoms with Crippen LogP contribution in [0.3, 0.4) is 0 Å². The molecule has 20 heavy (non-hydrogen) atoms. The molecule has 0 amide bonds. The van der Waals surface area contributed by atoms with Crippen molar-refractivity contribution in [3.05, 3.63) is 23.8 Å². The number of aliphatic hydroxyl groups is 1. The number of aryl methyl sites for hydroxylation is 1. The molecule has 1 unspecified atom stereocenters. The van der Waals surface area contributed by atoms with Crippen LogP contribution in [0, 0.1) is 5.92 Å². The Kier molecular flexibility index (Phi) is 3.85. The Labute approximate surface area is 120 Å². The highest BCUT2D eigenvalue weighted by Gasteiger charge is 2.27. The molecule has 1 saturated carbocycles. The van der Waals surface area contributed by atoms with Crippen LogP contribution in [-0.4, -0.2) is 30.6 Å². The molecule has 3 rings (SSSR count). The van der Waals surface area contributed by atoms with Crippen molar-refractivity contribution in [2.24, 2.45) is 5.92 Å². The predicted octanol–water partition coefficient (Wildman–Crippen LogP) is 2.10. The van der Waals surface area contributed by atoms with E-state index in [9.17, 15) is 5.11 Å². The number of hydrogen-bond donors (Lipinski definition) is 2. The molecule has 1 atom stereocenters. The highest BCUT2D eigenvalue weighted by molar-refractivity contribution is 5.44. The Morgan fingerprint density at radius 2 is 2.10 bits per heavy atom. The number of rotatable bonds is 7. The van der Waals surface area contributed by atoms with Crippen LogP contribution in [0.4, 0.5) is 0 Å². The lowest BCUT2D eigenvalue weighted by atomic mass is 9.93. The molecule has 0 radical (unpaired) electrons. The zero-order valence-corrected chi connectivity index (χ0v) is 12.0. The van der Waals surface area contributed by atoms with Gasteiger partial charge in [0.25, 0.3) is 0 Å². The summed E-state index contributed by atoms with van der Waals surface area (Å²) >= 11 is 0. The molecule has 1 aliphatic carbocycles. The van der Waals surface area contributed by atoms with E-state index in [0.29, 0.717) is 6.79 Å². The summed E-state index contributed by atoms with van der Waals surface area (Å²) in [6, 6.07) is 6.08. The largest absolute Gasteiger partial charge is 0.454 e. The summed E-state index contributed by atoms with van der Waals surface area (Å²) in [6.45, 7) is 3.61. The molecule has 1 heterocycles. The summed E-state index contributed by atoms with van der Waals surface area (Å²) in [4.78, 5) is 0. The molecule has 0 bridgehead atoms. The summed E-state index contributed by atoms with van der Waals surface area (Å²) in [5.74, 6) is 2.48. The van der Waals surface area contributed by atoms with E-state index in [4.69, 9.17) is 9.47 Å². The van der Waals surface area contributed by atoms with Crippen molar-refractivity contribution in [2.45, 2.75) is 38.1 Å². The normalized spacial score (nSPS) is 19.9. The number of benzene rings is 1. The van der Waals surface area contributed by atoms with Crippen molar-refractivity contribution in [1.82, 2.24) is 5.32 Å². The van der Waals surface area contributed by atoms with Gasteiger partial charge in [0.2, 0.25) is 6.79 Å². The molecule has 1 aliphatic heterocycles. The van der Waals surface area contributed by atoms with E-state index in [1.165, 1.54) is 18.4 Å². The van der Waals surface area contributed by atoms with Crippen LogP contribution < -0.4 is 14.8 Å². The highest BCUT2D eigenvalue weighted by atomic mass is 16.7. The molecular weight excluding hydrogens is 254 g/mol. The second kappa shape index (κ2) is 5.62. The van der Waals surface area contributed by atoms with Gasteiger partial charge in [0.05, 0.1) is 6.61 Å². The molecule has 2 aliphatic rings. The molecule has 1 fully saturated rings. The second-order valence-electron chi connectivity index (χ2n) is 6.23. The Morgan fingerprint density at radius 3 is 2.85 bits per heavy atom. The van der Waals surface area contributed by atoms with E-state index < -0.39 is 0 Å². The van der Waals surface area contributed by atoms with Crippen LogP contribution in [0.5, 0.6) is 11.5 Å². The second-order valence-corrected chi connectivity index (χ2v) is 6.23. The van der Waals surface area contributed by atoms with E-state index in [2.05, 4.69) is 18.3 Å².